The van der Waals surface area contributed by atoms with Crippen molar-refractivity contribution < 1.29 is 82.1 Å². The van der Waals surface area contributed by atoms with E-state index in [2.05, 4.69) is 13.4 Å². The van der Waals surface area contributed by atoms with Gasteiger partial charge in [-0.15, -0.1) is 0 Å². The number of aliphatic hydroxyl groups excluding tert-OH is 5. The maximum absolute atomic E-state index is 12.4. The Morgan fingerprint density at radius 2 is 1.65 bits per heavy atom. The highest BCUT2D eigenvalue weighted by Gasteiger charge is 2.47. The molecule has 49 heavy (non-hydrogen) atoms. The van der Waals surface area contributed by atoms with E-state index in [0.717, 1.165) is 46.0 Å². The number of hydrogen-bond acceptors (Lipinski definition) is 21. The van der Waals surface area contributed by atoms with E-state index in [-0.39, 0.29) is 10.6 Å². The minimum atomic E-state index is -6.04. The number of nitro groups is 1. The monoisotopic (exact) mass is 777 g/mol. The molecule has 7 unspecified atom stereocenters. The average Bonchev–Trinajstić information content (AvgIpc) is 3.29. The number of H-pyrrole nitrogens is 1. The van der Waals surface area contributed by atoms with E-state index in [1.165, 1.54) is 6.07 Å². The number of phosphoric acid groups is 2. The molecule has 0 amide bonds. The highest BCUT2D eigenvalue weighted by Crippen LogP contribution is 2.57. The molecule has 0 saturated carbocycles. The van der Waals surface area contributed by atoms with Crippen molar-refractivity contribution in [3.05, 3.63) is 67.0 Å². The van der Waals surface area contributed by atoms with E-state index < -0.39 is 111 Å². The van der Waals surface area contributed by atoms with E-state index in [9.17, 15) is 74.1 Å². The number of aromatic nitrogens is 2. The first-order valence-corrected chi connectivity index (χ1v) is 18.5. The van der Waals surface area contributed by atoms with E-state index in [4.69, 9.17) is 9.47 Å². The van der Waals surface area contributed by atoms with E-state index in [1.54, 1.807) is 0 Å². The molecule has 0 radical (unpaired) electrons. The Morgan fingerprint density at radius 1 is 0.980 bits per heavy atom. The van der Waals surface area contributed by atoms with Gasteiger partial charge in [0.25, 0.3) is 26.9 Å². The largest absolute Gasteiger partial charge is 0.756 e. The maximum atomic E-state index is 12.4. The Labute approximate surface area is 279 Å². The van der Waals surface area contributed by atoms with Crippen molar-refractivity contribution in [2.75, 3.05) is 12.4 Å². The minimum Gasteiger partial charge on any atom is -0.756 e. The van der Waals surface area contributed by atoms with Crippen LogP contribution in [0.4, 0.5) is 5.69 Å². The van der Waals surface area contributed by atoms with Crippen molar-refractivity contribution in [3.8, 4) is 0 Å². The molecular formula is C22H25N3O20P2S2-2. The van der Waals surface area contributed by atoms with Gasteiger partial charge >= 0.3 is 11.7 Å². The molecule has 1 aromatic heterocycles. The predicted octanol–water partition coefficient (Wildman–Crippen LogP) is -3.00. The van der Waals surface area contributed by atoms with Gasteiger partial charge in [-0.1, -0.05) is 21.6 Å². The van der Waals surface area contributed by atoms with Crippen LogP contribution in [0.25, 0.3) is 0 Å². The molecule has 3 heterocycles. The summed E-state index contributed by atoms with van der Waals surface area (Å²) in [5.41, 5.74) is -3.11. The number of carbonyl (C=O) groups is 1. The summed E-state index contributed by atoms with van der Waals surface area (Å²) in [5.74, 6) is -1.87. The number of carboxylic acid groups (broad SMARTS) is 1. The van der Waals surface area contributed by atoms with E-state index in [0.29, 0.717) is 4.57 Å². The van der Waals surface area contributed by atoms with Gasteiger partial charge in [-0.05, 0) is 12.1 Å². The molecule has 2 aliphatic heterocycles. The fraction of sp³-hybridized carbons (Fsp3) is 0.500. The first-order valence-electron chi connectivity index (χ1n) is 13.3. The van der Waals surface area contributed by atoms with Crippen molar-refractivity contribution >= 4 is 48.9 Å². The number of nitrogens with zero attached hydrogens (tertiary/aromatic N) is 2. The third kappa shape index (κ3) is 9.62. The quantitative estimate of drug-likeness (QED) is 0.0435. The Bertz CT molecular complexity index is 1760. The molecule has 0 bridgehead atoms. The second-order valence-corrected chi connectivity index (χ2v) is 15.4. The van der Waals surface area contributed by atoms with Gasteiger partial charge in [-0.2, -0.15) is 0 Å². The number of nitro benzene ring substituents is 1. The van der Waals surface area contributed by atoms with Crippen molar-refractivity contribution in [2.45, 2.75) is 60.1 Å². The third-order valence-electron chi connectivity index (χ3n) is 6.74. The molecule has 2 saturated heterocycles. The van der Waals surface area contributed by atoms with Crippen LogP contribution in [0.15, 0.2) is 44.9 Å². The number of nitrogens with one attached hydrogen (secondary N) is 1. The SMILES string of the molecule is O=C(O)c1cc(SSC[C@H]2OC(OP(=O)([O-])OP(=O)([O-])OCC3OC(n4ccc(=O)[nH]c4=O)C(O)C3O)[C@H](O)[C@@H](O)[C@H]2O)ccc1[N+](=O)[O-]. The second-order valence-electron chi connectivity index (χ2n) is 10.1. The number of carboxylic acids is 1. The van der Waals surface area contributed by atoms with Crippen molar-refractivity contribution in [3.63, 3.8) is 0 Å². The lowest BCUT2D eigenvalue weighted by Gasteiger charge is -2.42. The number of aliphatic hydroxyl groups is 5. The zero-order valence-electron chi connectivity index (χ0n) is 24.0. The van der Waals surface area contributed by atoms with Crippen LogP contribution in [0.5, 0.6) is 0 Å². The first-order chi connectivity index (χ1) is 22.8. The minimum absolute atomic E-state index is 0.209. The standard InChI is InChI=1S/C22H27N3O20P2S2/c26-13-3-4-24(22(34)23-13)19-17(30)14(27)11(42-19)6-41-46(37,38)45-47(39,40)44-21-18(31)16(29)15(28)12(43-21)7-48-49-8-1-2-10(25(35)36)9(5-8)20(32)33/h1-5,11-12,14-19,21,27-31H,6-7H2,(H,32,33)(H,37,38)(H,39,40)(H,23,26,34)/p-2/t11?,12-,14?,15+,16+,17?,18-,19?,21?/m1/s1. The van der Waals surface area contributed by atoms with Crippen LogP contribution in [0, 0.1) is 10.1 Å². The van der Waals surface area contributed by atoms with Gasteiger partial charge in [0.15, 0.2) is 12.5 Å². The van der Waals surface area contributed by atoms with Gasteiger partial charge in [0, 0.05) is 29.0 Å². The molecule has 2 aliphatic rings. The highest BCUT2D eigenvalue weighted by molar-refractivity contribution is 8.76. The Balaban J connectivity index is 1.34. The summed E-state index contributed by atoms with van der Waals surface area (Å²) in [5, 5.41) is 71.5. The fourth-order valence-corrected chi connectivity index (χ4v) is 8.70. The molecule has 27 heteroatoms. The summed E-state index contributed by atoms with van der Waals surface area (Å²) in [6.45, 7) is -1.17. The van der Waals surface area contributed by atoms with Crippen LogP contribution in [-0.4, -0.2) is 112 Å². The van der Waals surface area contributed by atoms with Gasteiger partial charge in [0.05, 0.1) is 17.6 Å². The smallest absolute Gasteiger partial charge is 0.342 e. The molecule has 11 atom stereocenters. The molecule has 7 N–H and O–H groups in total. The fourth-order valence-electron chi connectivity index (χ4n) is 4.39. The number of hydrogen-bond donors (Lipinski definition) is 7. The molecule has 1 aromatic carbocycles. The maximum Gasteiger partial charge on any atom is 0.342 e. The van der Waals surface area contributed by atoms with E-state index in [1.807, 2.05) is 4.98 Å². The Morgan fingerprint density at radius 3 is 2.29 bits per heavy atom. The lowest BCUT2D eigenvalue weighted by molar-refractivity contribution is -0.385. The number of benzene rings is 1. The van der Waals surface area contributed by atoms with Crippen LogP contribution < -0.4 is 21.0 Å². The number of phosphoric ester groups is 2. The number of ether oxygens (including phenoxy) is 2. The summed E-state index contributed by atoms with van der Waals surface area (Å²) in [6.07, 6.45) is -16.2. The summed E-state index contributed by atoms with van der Waals surface area (Å²) in [4.78, 5) is 71.6. The zero-order chi connectivity index (χ0) is 36.4. The molecule has 272 valence electrons. The average molecular weight is 778 g/mol. The molecule has 0 aliphatic carbocycles. The molecule has 2 aromatic rings. The van der Waals surface area contributed by atoms with Crippen LogP contribution >= 0.6 is 37.2 Å². The van der Waals surface area contributed by atoms with Gasteiger partial charge in [-0.25, -0.2) is 13.9 Å². The number of rotatable bonds is 14. The number of aromatic amines is 1. The molecule has 4 rings (SSSR count). The molecule has 23 nitrogen and oxygen atoms in total. The zero-order valence-corrected chi connectivity index (χ0v) is 27.4. The summed E-state index contributed by atoms with van der Waals surface area (Å²) in [6, 6.07) is 4.08. The normalized spacial score (nSPS) is 31.1. The summed E-state index contributed by atoms with van der Waals surface area (Å²) < 4.78 is 48.7. The lowest BCUT2D eigenvalue weighted by atomic mass is 10.0. The molecule has 0 spiro atoms. The van der Waals surface area contributed by atoms with Crippen molar-refractivity contribution in [2.24, 2.45) is 0 Å². The van der Waals surface area contributed by atoms with Gasteiger partial charge in [-0.3, -0.25) is 38.1 Å². The number of aromatic carboxylic acids is 1. The lowest BCUT2D eigenvalue weighted by Crippen LogP contribution is -2.58. The summed E-state index contributed by atoms with van der Waals surface area (Å²) in [7, 11) is -10.2. The Kier molecular flexibility index (Phi) is 12.6. The highest BCUT2D eigenvalue weighted by atomic mass is 33.1. The van der Waals surface area contributed by atoms with Crippen molar-refractivity contribution in [1.82, 2.24) is 9.55 Å². The molecular weight excluding hydrogens is 752 g/mol. The van der Waals surface area contributed by atoms with Crippen LogP contribution in [0.3, 0.4) is 0 Å². The van der Waals surface area contributed by atoms with Crippen LogP contribution in [-0.2, 0) is 32.0 Å². The first kappa shape index (κ1) is 39.2. The van der Waals surface area contributed by atoms with Crippen LogP contribution in [0.1, 0.15) is 16.6 Å². The Hall–Kier alpha value is -2.55. The van der Waals surface area contributed by atoms with Crippen molar-refractivity contribution in [1.29, 1.82) is 0 Å². The van der Waals surface area contributed by atoms with Gasteiger partial charge < -0.3 is 54.4 Å². The van der Waals surface area contributed by atoms with Crippen LogP contribution in [0.2, 0.25) is 0 Å². The van der Waals surface area contributed by atoms with Gasteiger partial charge in [0.1, 0.15) is 42.2 Å². The second kappa shape index (κ2) is 15.8. The van der Waals surface area contributed by atoms with E-state index >= 15 is 0 Å². The third-order valence-corrected chi connectivity index (χ3v) is 11.6. The predicted molar refractivity (Wildman–Crippen MR) is 156 cm³/mol. The topological polar surface area (TPSA) is 363 Å². The summed E-state index contributed by atoms with van der Waals surface area (Å²) >= 11 is 0. The van der Waals surface area contributed by atoms with Gasteiger partial charge in [0.2, 0.25) is 0 Å². The molecule has 2 fully saturated rings.